The molecule has 5 heteroatoms. The molecule has 1 aromatic heterocycles. The number of carbonyl (C=O) groups excluding carboxylic acids is 1. The highest BCUT2D eigenvalue weighted by molar-refractivity contribution is 7.98. The van der Waals surface area contributed by atoms with E-state index in [-0.39, 0.29) is 5.91 Å². The van der Waals surface area contributed by atoms with Gasteiger partial charge in [0.2, 0.25) is 0 Å². The van der Waals surface area contributed by atoms with Gasteiger partial charge in [0.15, 0.2) is 0 Å². The average molecular weight is 431 g/mol. The molecule has 0 saturated heterocycles. The van der Waals surface area contributed by atoms with E-state index in [1.165, 1.54) is 26.9 Å². The molecule has 4 rings (SSSR count). The van der Waals surface area contributed by atoms with Crippen molar-refractivity contribution in [3.8, 4) is 5.75 Å². The van der Waals surface area contributed by atoms with Gasteiger partial charge in [-0.15, -0.1) is 11.8 Å². The number of ether oxygens (including phenoxy) is 1. The van der Waals surface area contributed by atoms with Crippen LogP contribution in [-0.2, 0) is 12.3 Å². The number of thioether (sulfide) groups is 1. The third-order valence-electron chi connectivity index (χ3n) is 5.22. The number of methoxy groups -OCH3 is 1. The summed E-state index contributed by atoms with van der Waals surface area (Å²) < 4.78 is 7.51. The van der Waals surface area contributed by atoms with Crippen LogP contribution in [0, 0.1) is 6.92 Å². The molecule has 0 unspecified atom stereocenters. The van der Waals surface area contributed by atoms with Gasteiger partial charge in [0.25, 0.3) is 5.91 Å². The van der Waals surface area contributed by atoms with E-state index in [9.17, 15) is 4.79 Å². The summed E-state index contributed by atoms with van der Waals surface area (Å²) in [6.07, 6.45) is 2.19. The van der Waals surface area contributed by atoms with Crippen LogP contribution in [0.3, 0.4) is 0 Å². The number of aryl methyl sites for hydroxylation is 1. The normalized spacial score (nSPS) is 10.9. The standard InChI is InChI=1S/C26H26N2O2S/c1-19-8-7-9-20(16-19)18-31-25-17-28(23-12-5-3-10-21(23)25)15-14-27-26(29)22-11-4-6-13-24(22)30-2/h3-13,16-17H,14-15,18H2,1-2H3,(H,27,29). The maximum Gasteiger partial charge on any atom is 0.255 e. The van der Waals surface area contributed by atoms with Crippen molar-refractivity contribution in [3.05, 3.63) is 95.7 Å². The summed E-state index contributed by atoms with van der Waals surface area (Å²) in [5.41, 5.74) is 4.34. The molecule has 1 heterocycles. The Bertz CT molecular complexity index is 1200. The number of rotatable bonds is 8. The number of hydrogen-bond acceptors (Lipinski definition) is 3. The van der Waals surface area contributed by atoms with Crippen molar-refractivity contribution in [1.29, 1.82) is 0 Å². The van der Waals surface area contributed by atoms with Gasteiger partial charge in [0.05, 0.1) is 12.7 Å². The van der Waals surface area contributed by atoms with Crippen LogP contribution >= 0.6 is 11.8 Å². The minimum atomic E-state index is -0.122. The monoisotopic (exact) mass is 430 g/mol. The Kier molecular flexibility index (Phi) is 6.63. The molecule has 4 nitrogen and oxygen atoms in total. The van der Waals surface area contributed by atoms with Gasteiger partial charge in [-0.3, -0.25) is 4.79 Å². The third-order valence-corrected chi connectivity index (χ3v) is 6.33. The lowest BCUT2D eigenvalue weighted by Crippen LogP contribution is -2.27. The van der Waals surface area contributed by atoms with Crippen molar-refractivity contribution in [3.63, 3.8) is 0 Å². The molecule has 31 heavy (non-hydrogen) atoms. The Balaban J connectivity index is 1.45. The van der Waals surface area contributed by atoms with Crippen LogP contribution in [0.1, 0.15) is 21.5 Å². The lowest BCUT2D eigenvalue weighted by molar-refractivity contribution is 0.0949. The van der Waals surface area contributed by atoms with E-state index in [0.29, 0.717) is 24.4 Å². The number of hydrogen-bond donors (Lipinski definition) is 1. The minimum Gasteiger partial charge on any atom is -0.496 e. The summed E-state index contributed by atoms with van der Waals surface area (Å²) in [5.74, 6) is 1.39. The first kappa shape index (κ1) is 21.1. The fraction of sp³-hybridized carbons (Fsp3) is 0.192. The van der Waals surface area contributed by atoms with Crippen molar-refractivity contribution in [2.75, 3.05) is 13.7 Å². The summed E-state index contributed by atoms with van der Waals surface area (Å²) >= 11 is 1.85. The van der Waals surface area contributed by atoms with Gasteiger partial charge in [0.1, 0.15) is 5.75 Å². The zero-order valence-electron chi connectivity index (χ0n) is 17.8. The lowest BCUT2D eigenvalue weighted by atomic mass is 10.2. The molecule has 0 saturated carbocycles. The Morgan fingerprint density at radius 1 is 1.03 bits per heavy atom. The number of nitrogens with one attached hydrogen (secondary N) is 1. The van der Waals surface area contributed by atoms with Crippen molar-refractivity contribution < 1.29 is 9.53 Å². The summed E-state index contributed by atoms with van der Waals surface area (Å²) in [6, 6.07) is 24.3. The lowest BCUT2D eigenvalue weighted by Gasteiger charge is -2.10. The number of nitrogens with zero attached hydrogens (tertiary/aromatic N) is 1. The minimum absolute atomic E-state index is 0.122. The van der Waals surface area contributed by atoms with Crippen LogP contribution in [0.15, 0.2) is 83.9 Å². The van der Waals surface area contributed by atoms with Gasteiger partial charge in [-0.25, -0.2) is 0 Å². The smallest absolute Gasteiger partial charge is 0.255 e. The van der Waals surface area contributed by atoms with E-state index >= 15 is 0 Å². The molecule has 0 aliphatic rings. The van der Waals surface area contributed by atoms with Gasteiger partial charge >= 0.3 is 0 Å². The Morgan fingerprint density at radius 3 is 2.68 bits per heavy atom. The molecule has 0 aliphatic carbocycles. The molecule has 0 bridgehead atoms. The molecule has 0 spiro atoms. The number of benzene rings is 3. The Morgan fingerprint density at radius 2 is 1.84 bits per heavy atom. The second-order valence-corrected chi connectivity index (χ2v) is 8.45. The van der Waals surface area contributed by atoms with Gasteiger partial charge in [-0.2, -0.15) is 0 Å². The highest BCUT2D eigenvalue weighted by Crippen LogP contribution is 2.32. The first-order valence-electron chi connectivity index (χ1n) is 10.3. The van der Waals surface area contributed by atoms with E-state index in [2.05, 4.69) is 71.5 Å². The van der Waals surface area contributed by atoms with Gasteiger partial charge in [-0.05, 0) is 30.7 Å². The van der Waals surface area contributed by atoms with Crippen LogP contribution in [0.25, 0.3) is 10.9 Å². The largest absolute Gasteiger partial charge is 0.496 e. The molecule has 158 valence electrons. The molecule has 4 aromatic rings. The van der Waals surface area contributed by atoms with E-state index in [0.717, 1.165) is 5.75 Å². The molecule has 0 radical (unpaired) electrons. The summed E-state index contributed by atoms with van der Waals surface area (Å²) in [7, 11) is 1.58. The van der Waals surface area contributed by atoms with Gasteiger partial charge in [-0.1, -0.05) is 60.2 Å². The topological polar surface area (TPSA) is 43.3 Å². The summed E-state index contributed by atoms with van der Waals surface area (Å²) in [6.45, 7) is 3.36. The fourth-order valence-electron chi connectivity index (χ4n) is 3.69. The molecule has 0 atom stereocenters. The number of amides is 1. The number of fused-ring (bicyclic) bond motifs is 1. The second kappa shape index (κ2) is 9.75. The van der Waals surface area contributed by atoms with E-state index in [4.69, 9.17) is 4.74 Å². The molecule has 0 fully saturated rings. The van der Waals surface area contributed by atoms with E-state index < -0.39 is 0 Å². The predicted molar refractivity (Wildman–Crippen MR) is 128 cm³/mol. The molecule has 0 aliphatic heterocycles. The Hall–Kier alpha value is -3.18. The predicted octanol–water partition coefficient (Wildman–Crippen LogP) is 5.68. The number of aromatic nitrogens is 1. The van der Waals surface area contributed by atoms with Gasteiger partial charge in [0, 0.05) is 40.8 Å². The maximum atomic E-state index is 12.6. The van der Waals surface area contributed by atoms with Crippen molar-refractivity contribution in [2.24, 2.45) is 0 Å². The molecular formula is C26H26N2O2S. The van der Waals surface area contributed by atoms with Crippen LogP contribution in [0.5, 0.6) is 5.75 Å². The Labute approximate surface area is 187 Å². The number of para-hydroxylation sites is 2. The van der Waals surface area contributed by atoms with Gasteiger partial charge < -0.3 is 14.6 Å². The third kappa shape index (κ3) is 4.94. The summed E-state index contributed by atoms with van der Waals surface area (Å²) in [4.78, 5) is 13.8. The first-order valence-corrected chi connectivity index (χ1v) is 11.3. The van der Waals surface area contributed by atoms with Crippen molar-refractivity contribution in [2.45, 2.75) is 24.1 Å². The maximum absolute atomic E-state index is 12.6. The highest BCUT2D eigenvalue weighted by Gasteiger charge is 2.12. The SMILES string of the molecule is COc1ccccc1C(=O)NCCn1cc(SCc2cccc(C)c2)c2ccccc21. The molecular weight excluding hydrogens is 404 g/mol. The van der Waals surface area contributed by atoms with Crippen molar-refractivity contribution >= 4 is 28.6 Å². The van der Waals surface area contributed by atoms with E-state index in [1.54, 1.807) is 19.2 Å². The molecule has 1 amide bonds. The average Bonchev–Trinajstić information content (AvgIpc) is 3.15. The highest BCUT2D eigenvalue weighted by atomic mass is 32.2. The molecule has 1 N–H and O–H groups in total. The zero-order valence-corrected chi connectivity index (χ0v) is 18.6. The first-order chi connectivity index (χ1) is 15.2. The fourth-order valence-corrected chi connectivity index (χ4v) is 4.73. The number of carbonyl (C=O) groups is 1. The quantitative estimate of drug-likeness (QED) is 0.366. The molecule has 3 aromatic carbocycles. The second-order valence-electron chi connectivity index (χ2n) is 7.44. The van der Waals surface area contributed by atoms with Crippen LogP contribution in [0.4, 0.5) is 0 Å². The van der Waals surface area contributed by atoms with Crippen LogP contribution in [-0.4, -0.2) is 24.1 Å². The zero-order chi connectivity index (χ0) is 21.6. The van der Waals surface area contributed by atoms with Crippen LogP contribution in [0.2, 0.25) is 0 Å². The van der Waals surface area contributed by atoms with Crippen LogP contribution < -0.4 is 10.1 Å². The summed E-state index contributed by atoms with van der Waals surface area (Å²) in [5, 5.41) is 4.26. The van der Waals surface area contributed by atoms with E-state index in [1.807, 2.05) is 23.9 Å². The van der Waals surface area contributed by atoms with Crippen molar-refractivity contribution in [1.82, 2.24) is 9.88 Å².